The number of alkyl halides is 2. The molecule has 0 bridgehead atoms. The molecule has 3 nitrogen and oxygen atoms in total. The van der Waals surface area contributed by atoms with Crippen LogP contribution in [0.1, 0.15) is 28.2 Å². The SMILES string of the molecule is Cc1nc(C(F)F)c(O)cc1C(=O)Cl. The summed E-state index contributed by atoms with van der Waals surface area (Å²) in [5.74, 6) is -0.727. The van der Waals surface area contributed by atoms with Crippen molar-refractivity contribution in [3.63, 3.8) is 0 Å². The van der Waals surface area contributed by atoms with Crippen molar-refractivity contribution in [2.75, 3.05) is 0 Å². The van der Waals surface area contributed by atoms with E-state index in [1.807, 2.05) is 0 Å². The van der Waals surface area contributed by atoms with Gasteiger partial charge in [-0.05, 0) is 24.6 Å². The number of carbonyl (C=O) groups is 1. The van der Waals surface area contributed by atoms with Crippen molar-refractivity contribution in [1.29, 1.82) is 0 Å². The summed E-state index contributed by atoms with van der Waals surface area (Å²) >= 11 is 5.13. The molecule has 0 spiro atoms. The lowest BCUT2D eigenvalue weighted by atomic mass is 10.2. The number of nitrogens with zero attached hydrogens (tertiary/aromatic N) is 1. The van der Waals surface area contributed by atoms with E-state index in [-0.39, 0.29) is 11.3 Å². The first-order valence-corrected chi connectivity index (χ1v) is 3.99. The Kier molecular flexibility index (Phi) is 3.00. The van der Waals surface area contributed by atoms with E-state index in [2.05, 4.69) is 4.98 Å². The van der Waals surface area contributed by atoms with E-state index in [0.717, 1.165) is 6.07 Å². The van der Waals surface area contributed by atoms with Crippen molar-refractivity contribution in [2.24, 2.45) is 0 Å². The van der Waals surface area contributed by atoms with Crippen molar-refractivity contribution in [3.8, 4) is 5.75 Å². The van der Waals surface area contributed by atoms with E-state index >= 15 is 0 Å². The monoisotopic (exact) mass is 221 g/mol. The Balaban J connectivity index is 3.31. The third-order valence-corrected chi connectivity index (χ3v) is 1.84. The van der Waals surface area contributed by atoms with Gasteiger partial charge < -0.3 is 5.11 Å². The summed E-state index contributed by atoms with van der Waals surface area (Å²) in [5.41, 5.74) is -0.754. The van der Waals surface area contributed by atoms with Gasteiger partial charge in [-0.2, -0.15) is 0 Å². The van der Waals surface area contributed by atoms with E-state index in [4.69, 9.17) is 16.7 Å². The molecule has 6 heteroatoms. The molecule has 0 unspecified atom stereocenters. The highest BCUT2D eigenvalue weighted by Gasteiger charge is 2.18. The molecule has 1 heterocycles. The summed E-state index contributed by atoms with van der Waals surface area (Å²) in [6.45, 7) is 1.36. The summed E-state index contributed by atoms with van der Waals surface area (Å²) in [6, 6.07) is 0.888. The van der Waals surface area contributed by atoms with Crippen LogP contribution in [0.2, 0.25) is 0 Å². The van der Waals surface area contributed by atoms with Crippen molar-refractivity contribution in [2.45, 2.75) is 13.3 Å². The van der Waals surface area contributed by atoms with Gasteiger partial charge in [0.1, 0.15) is 11.4 Å². The summed E-state index contributed by atoms with van der Waals surface area (Å²) in [5, 5.41) is 8.24. The van der Waals surface area contributed by atoms with Gasteiger partial charge in [-0.1, -0.05) is 0 Å². The number of aromatic hydroxyl groups is 1. The van der Waals surface area contributed by atoms with Gasteiger partial charge in [-0.25, -0.2) is 13.8 Å². The second kappa shape index (κ2) is 3.88. The number of carbonyl (C=O) groups excluding carboxylic acids is 1. The van der Waals surface area contributed by atoms with Crippen molar-refractivity contribution in [3.05, 3.63) is 23.0 Å². The van der Waals surface area contributed by atoms with E-state index < -0.39 is 23.1 Å². The second-order valence-electron chi connectivity index (χ2n) is 2.60. The molecule has 0 saturated carbocycles. The predicted octanol–water partition coefficient (Wildman–Crippen LogP) is 2.41. The maximum absolute atomic E-state index is 12.2. The minimum absolute atomic E-state index is 0.0677. The van der Waals surface area contributed by atoms with E-state index in [0.29, 0.717) is 0 Å². The zero-order valence-corrected chi connectivity index (χ0v) is 7.85. The van der Waals surface area contributed by atoms with Crippen LogP contribution >= 0.6 is 11.6 Å². The Morgan fingerprint density at radius 1 is 1.64 bits per heavy atom. The molecular formula is C8H6ClF2NO2. The first kappa shape index (κ1) is 10.8. The maximum Gasteiger partial charge on any atom is 0.284 e. The molecule has 1 aromatic rings. The number of aryl methyl sites for hydroxylation is 1. The van der Waals surface area contributed by atoms with Crippen LogP contribution in [0.3, 0.4) is 0 Å². The fourth-order valence-corrected chi connectivity index (χ4v) is 1.16. The molecule has 1 rings (SSSR count). The molecule has 0 fully saturated rings. The number of pyridine rings is 1. The average molecular weight is 222 g/mol. The van der Waals surface area contributed by atoms with Gasteiger partial charge in [0.05, 0.1) is 11.3 Å². The summed E-state index contributed by atoms with van der Waals surface area (Å²) < 4.78 is 24.4. The van der Waals surface area contributed by atoms with Crippen LogP contribution in [0, 0.1) is 6.92 Å². The first-order chi connectivity index (χ1) is 6.43. The Labute approximate surface area is 83.3 Å². The van der Waals surface area contributed by atoms with E-state index in [1.165, 1.54) is 6.92 Å². The minimum Gasteiger partial charge on any atom is -0.506 e. The van der Waals surface area contributed by atoms with Crippen LogP contribution in [0.25, 0.3) is 0 Å². The van der Waals surface area contributed by atoms with Gasteiger partial charge in [0.25, 0.3) is 11.7 Å². The molecule has 0 aliphatic heterocycles. The lowest BCUT2D eigenvalue weighted by Crippen LogP contribution is -2.01. The average Bonchev–Trinajstić information content (AvgIpc) is 2.07. The molecular weight excluding hydrogens is 216 g/mol. The number of aromatic nitrogens is 1. The quantitative estimate of drug-likeness (QED) is 0.781. The number of rotatable bonds is 2. The number of halogens is 3. The summed E-state index contributed by atoms with van der Waals surface area (Å²) in [6.07, 6.45) is -2.88. The van der Waals surface area contributed by atoms with Crippen molar-refractivity contribution < 1.29 is 18.7 Å². The Morgan fingerprint density at radius 2 is 2.21 bits per heavy atom. The summed E-state index contributed by atoms with van der Waals surface area (Å²) in [4.78, 5) is 14.1. The van der Waals surface area contributed by atoms with Gasteiger partial charge in [-0.3, -0.25) is 4.79 Å². The third-order valence-electron chi connectivity index (χ3n) is 1.64. The highest BCUT2D eigenvalue weighted by atomic mass is 35.5. The standard InChI is InChI=1S/C8H6ClF2NO2/c1-3-4(7(9)14)2-5(13)6(12-3)8(10)11/h2,8,13H,1H3. The molecule has 0 atom stereocenters. The van der Waals surface area contributed by atoms with Crippen LogP contribution in [-0.2, 0) is 0 Å². The minimum atomic E-state index is -2.88. The lowest BCUT2D eigenvalue weighted by Gasteiger charge is -2.06. The van der Waals surface area contributed by atoms with Gasteiger partial charge >= 0.3 is 0 Å². The highest BCUT2D eigenvalue weighted by Crippen LogP contribution is 2.28. The van der Waals surface area contributed by atoms with Crippen molar-refractivity contribution >= 4 is 16.8 Å². The zero-order valence-electron chi connectivity index (χ0n) is 7.09. The Bertz CT molecular complexity index is 382. The molecule has 14 heavy (non-hydrogen) atoms. The van der Waals surface area contributed by atoms with Gasteiger partial charge in [-0.15, -0.1) is 0 Å². The molecule has 0 aliphatic rings. The van der Waals surface area contributed by atoms with Crippen LogP contribution in [0.15, 0.2) is 6.07 Å². The van der Waals surface area contributed by atoms with Gasteiger partial charge in [0, 0.05) is 0 Å². The molecule has 1 N–H and O–H groups in total. The highest BCUT2D eigenvalue weighted by molar-refractivity contribution is 6.67. The second-order valence-corrected chi connectivity index (χ2v) is 2.94. The molecule has 0 aromatic carbocycles. The molecule has 0 amide bonds. The van der Waals surface area contributed by atoms with Gasteiger partial charge in [0.15, 0.2) is 0 Å². The lowest BCUT2D eigenvalue weighted by molar-refractivity contribution is 0.107. The Hall–Kier alpha value is -1.23. The topological polar surface area (TPSA) is 50.2 Å². The first-order valence-electron chi connectivity index (χ1n) is 3.62. The predicted molar refractivity (Wildman–Crippen MR) is 45.8 cm³/mol. The van der Waals surface area contributed by atoms with Crippen LogP contribution in [0.4, 0.5) is 8.78 Å². The molecule has 1 aromatic heterocycles. The zero-order chi connectivity index (χ0) is 10.9. The van der Waals surface area contributed by atoms with Crippen molar-refractivity contribution in [1.82, 2.24) is 4.98 Å². The number of hydrogen-bond donors (Lipinski definition) is 1. The smallest absolute Gasteiger partial charge is 0.284 e. The number of hydrogen-bond acceptors (Lipinski definition) is 3. The molecule has 76 valence electrons. The maximum atomic E-state index is 12.2. The fraction of sp³-hybridized carbons (Fsp3) is 0.250. The normalized spacial score (nSPS) is 10.6. The van der Waals surface area contributed by atoms with Crippen LogP contribution in [-0.4, -0.2) is 15.3 Å². The van der Waals surface area contributed by atoms with E-state index in [9.17, 15) is 13.6 Å². The summed E-state index contributed by atoms with van der Waals surface area (Å²) in [7, 11) is 0. The molecule has 0 saturated heterocycles. The van der Waals surface area contributed by atoms with Crippen LogP contribution < -0.4 is 0 Å². The Morgan fingerprint density at radius 3 is 2.64 bits per heavy atom. The molecule has 0 aliphatic carbocycles. The largest absolute Gasteiger partial charge is 0.506 e. The molecule has 0 radical (unpaired) electrons. The van der Waals surface area contributed by atoms with E-state index in [1.54, 1.807) is 0 Å². The fourth-order valence-electron chi connectivity index (χ4n) is 0.973. The van der Waals surface area contributed by atoms with Gasteiger partial charge in [0.2, 0.25) is 0 Å². The third kappa shape index (κ3) is 1.98. The van der Waals surface area contributed by atoms with Crippen LogP contribution in [0.5, 0.6) is 5.75 Å².